The summed E-state index contributed by atoms with van der Waals surface area (Å²) in [6, 6.07) is 3.73. The molecule has 0 aliphatic carbocycles. The van der Waals surface area contributed by atoms with Crippen molar-refractivity contribution in [1.29, 1.82) is 0 Å². The summed E-state index contributed by atoms with van der Waals surface area (Å²) in [6.45, 7) is 7.62. The molecule has 0 amide bonds. The van der Waals surface area contributed by atoms with Crippen molar-refractivity contribution < 1.29 is 4.55 Å². The quantitative estimate of drug-likeness (QED) is 0.586. The number of benzene rings is 1. The van der Waals surface area contributed by atoms with Gasteiger partial charge >= 0.3 is 0 Å². The number of rotatable bonds is 2. The van der Waals surface area contributed by atoms with E-state index in [1.165, 1.54) is 0 Å². The van der Waals surface area contributed by atoms with Gasteiger partial charge in [0, 0.05) is 10.0 Å². The van der Waals surface area contributed by atoms with Crippen molar-refractivity contribution in [3.8, 4) is 0 Å². The third-order valence-corrected chi connectivity index (χ3v) is 4.85. The van der Waals surface area contributed by atoms with Crippen LogP contribution in [0.3, 0.4) is 0 Å². The number of nitrogens with zero attached hydrogens (tertiary/aromatic N) is 1. The van der Waals surface area contributed by atoms with Crippen LogP contribution in [0.1, 0.15) is 31.9 Å². The van der Waals surface area contributed by atoms with Gasteiger partial charge < -0.3 is 4.55 Å². The highest BCUT2D eigenvalue weighted by Gasteiger charge is 2.26. The summed E-state index contributed by atoms with van der Waals surface area (Å²) >= 11 is 8.26. The zero-order chi connectivity index (χ0) is 13.2. The second-order valence-electron chi connectivity index (χ2n) is 4.69. The molecule has 94 valence electrons. The lowest BCUT2D eigenvalue weighted by Gasteiger charge is -2.17. The highest BCUT2D eigenvalue weighted by Crippen LogP contribution is 2.27. The monoisotopic (exact) mass is 335 g/mol. The molecule has 1 unspecified atom stereocenters. The van der Waals surface area contributed by atoms with Gasteiger partial charge in [-0.05, 0) is 55.3 Å². The van der Waals surface area contributed by atoms with Crippen LogP contribution in [0.4, 0.5) is 0 Å². The molecule has 0 saturated heterocycles. The molecule has 5 heteroatoms. The van der Waals surface area contributed by atoms with Crippen molar-refractivity contribution in [3.63, 3.8) is 0 Å². The fraction of sp³-hybridized carbons (Fsp3) is 0.417. The third kappa shape index (κ3) is 3.98. The lowest BCUT2D eigenvalue weighted by Crippen LogP contribution is -2.25. The first-order chi connectivity index (χ1) is 7.73. The molecule has 0 aliphatic heterocycles. The maximum Gasteiger partial charge on any atom is 0.144 e. The maximum atomic E-state index is 11.8. The van der Waals surface area contributed by atoms with Gasteiger partial charge in [-0.25, -0.2) is 0 Å². The molecular formula is C12H15BrClNOS. The molecule has 0 N–H and O–H groups in total. The summed E-state index contributed by atoms with van der Waals surface area (Å²) in [5.41, 5.74) is 1.83. The standard InChI is InChI=1S/C12H15BrClNOS/c1-8-5-6-10(14)9(11(8)13)7-15-17(16)12(2,3)4/h5-7H,1-4H3. The Morgan fingerprint density at radius 1 is 1.41 bits per heavy atom. The highest BCUT2D eigenvalue weighted by molar-refractivity contribution is 9.10. The van der Waals surface area contributed by atoms with Gasteiger partial charge in [0.2, 0.25) is 0 Å². The summed E-state index contributed by atoms with van der Waals surface area (Å²) in [4.78, 5) is 0. The Labute approximate surface area is 119 Å². The van der Waals surface area contributed by atoms with Gasteiger partial charge in [-0.1, -0.05) is 22.1 Å². The van der Waals surface area contributed by atoms with Crippen LogP contribution < -0.4 is 0 Å². The van der Waals surface area contributed by atoms with Crippen molar-refractivity contribution in [2.24, 2.45) is 4.40 Å². The maximum absolute atomic E-state index is 11.8. The van der Waals surface area contributed by atoms with Crippen LogP contribution in [-0.4, -0.2) is 15.5 Å². The molecule has 0 aromatic heterocycles. The predicted molar refractivity (Wildman–Crippen MR) is 79.4 cm³/mol. The topological polar surface area (TPSA) is 35.4 Å². The fourth-order valence-corrected chi connectivity index (χ4v) is 2.34. The van der Waals surface area contributed by atoms with Gasteiger partial charge in [-0.2, -0.15) is 0 Å². The van der Waals surface area contributed by atoms with Crippen LogP contribution in [0.2, 0.25) is 5.02 Å². The smallest absolute Gasteiger partial charge is 0.144 e. The van der Waals surface area contributed by atoms with Crippen molar-refractivity contribution >= 4 is 45.1 Å². The Morgan fingerprint density at radius 3 is 2.53 bits per heavy atom. The van der Waals surface area contributed by atoms with Gasteiger partial charge in [-0.3, -0.25) is 0 Å². The summed E-state index contributed by atoms with van der Waals surface area (Å²) in [5, 5.41) is 0.595. The minimum absolute atomic E-state index is 0.362. The first-order valence-electron chi connectivity index (χ1n) is 5.14. The minimum Gasteiger partial charge on any atom is -0.591 e. The number of hydrogen-bond donors (Lipinski definition) is 0. The van der Waals surface area contributed by atoms with Crippen LogP contribution >= 0.6 is 27.5 Å². The van der Waals surface area contributed by atoms with E-state index >= 15 is 0 Å². The van der Waals surface area contributed by atoms with E-state index in [9.17, 15) is 4.55 Å². The molecule has 0 spiro atoms. The lowest BCUT2D eigenvalue weighted by molar-refractivity contribution is 0.562. The zero-order valence-corrected chi connectivity index (χ0v) is 13.4. The van der Waals surface area contributed by atoms with Crippen molar-refractivity contribution in [1.82, 2.24) is 0 Å². The second kappa shape index (κ2) is 5.74. The average molecular weight is 337 g/mol. The first kappa shape index (κ1) is 15.0. The van der Waals surface area contributed by atoms with Gasteiger partial charge in [0.05, 0.1) is 11.2 Å². The molecule has 2 nitrogen and oxygen atoms in total. The van der Waals surface area contributed by atoms with Crippen molar-refractivity contribution in [3.05, 3.63) is 32.8 Å². The Kier molecular flexibility index (Phi) is 5.07. The molecule has 0 bridgehead atoms. The fourth-order valence-electron chi connectivity index (χ4n) is 1.06. The van der Waals surface area contributed by atoms with E-state index < -0.39 is 11.4 Å². The van der Waals surface area contributed by atoms with Crippen LogP contribution in [-0.2, 0) is 11.4 Å². The average Bonchev–Trinajstić information content (AvgIpc) is 2.22. The highest BCUT2D eigenvalue weighted by atomic mass is 79.9. The van der Waals surface area contributed by atoms with Crippen LogP contribution in [0.5, 0.6) is 0 Å². The van der Waals surface area contributed by atoms with Crippen molar-refractivity contribution in [2.45, 2.75) is 32.4 Å². The Morgan fingerprint density at radius 2 is 2.00 bits per heavy atom. The number of halogens is 2. The van der Waals surface area contributed by atoms with E-state index in [2.05, 4.69) is 20.3 Å². The van der Waals surface area contributed by atoms with E-state index in [1.807, 2.05) is 39.8 Å². The minimum atomic E-state index is -1.27. The number of aryl methyl sites for hydroxylation is 1. The van der Waals surface area contributed by atoms with Crippen LogP contribution in [0, 0.1) is 6.92 Å². The molecule has 0 saturated carbocycles. The number of hydrogen-bond acceptors (Lipinski definition) is 2. The van der Waals surface area contributed by atoms with Crippen molar-refractivity contribution in [2.75, 3.05) is 0 Å². The summed E-state index contributed by atoms with van der Waals surface area (Å²) in [5.74, 6) is 0. The lowest BCUT2D eigenvalue weighted by atomic mass is 10.1. The summed E-state index contributed by atoms with van der Waals surface area (Å²) in [6.07, 6.45) is 1.57. The molecule has 0 aliphatic rings. The predicted octanol–water partition coefficient (Wildman–Crippen LogP) is 4.29. The summed E-state index contributed by atoms with van der Waals surface area (Å²) in [7, 11) is 0. The normalized spacial score (nSPS) is 14.3. The van der Waals surface area contributed by atoms with E-state index in [4.69, 9.17) is 11.6 Å². The van der Waals surface area contributed by atoms with Gasteiger partial charge in [-0.15, -0.1) is 0 Å². The first-order valence-corrected chi connectivity index (χ1v) is 7.42. The Bertz CT molecular complexity index is 443. The Balaban J connectivity index is 3.04. The molecule has 1 aromatic rings. The molecular weight excluding hydrogens is 322 g/mol. The van der Waals surface area contributed by atoms with E-state index in [0.29, 0.717) is 5.02 Å². The third-order valence-electron chi connectivity index (χ3n) is 2.12. The van der Waals surface area contributed by atoms with E-state index in [1.54, 1.807) is 6.21 Å². The molecule has 0 fully saturated rings. The molecule has 0 heterocycles. The van der Waals surface area contributed by atoms with Gasteiger partial charge in [0.15, 0.2) is 0 Å². The molecule has 0 radical (unpaired) electrons. The molecule has 1 rings (SSSR count). The molecule has 1 atom stereocenters. The largest absolute Gasteiger partial charge is 0.591 e. The Hall–Kier alpha value is -0.0300. The SMILES string of the molecule is Cc1ccc(Cl)c(C=N[S+]([O-])C(C)(C)C)c1Br. The second-order valence-corrected chi connectivity index (χ2v) is 7.82. The summed E-state index contributed by atoms with van der Waals surface area (Å²) < 4.78 is 16.4. The molecule has 17 heavy (non-hydrogen) atoms. The van der Waals surface area contributed by atoms with E-state index in [0.717, 1.165) is 15.6 Å². The zero-order valence-electron chi connectivity index (χ0n) is 10.3. The van der Waals surface area contributed by atoms with Crippen LogP contribution in [0.25, 0.3) is 0 Å². The van der Waals surface area contributed by atoms with Gasteiger partial charge in [0.25, 0.3) is 0 Å². The molecule has 1 aromatic carbocycles. The van der Waals surface area contributed by atoms with Crippen LogP contribution in [0.15, 0.2) is 21.0 Å². The van der Waals surface area contributed by atoms with E-state index in [-0.39, 0.29) is 4.75 Å². The van der Waals surface area contributed by atoms with Gasteiger partial charge in [0.1, 0.15) is 16.1 Å².